The summed E-state index contributed by atoms with van der Waals surface area (Å²) in [6, 6.07) is -1.64. The first-order valence-electron chi connectivity index (χ1n) is 5.85. The zero-order valence-electron chi connectivity index (χ0n) is 10.6. The van der Waals surface area contributed by atoms with Crippen molar-refractivity contribution in [3.63, 3.8) is 0 Å². The van der Waals surface area contributed by atoms with Crippen LogP contribution in [0.3, 0.4) is 0 Å². The molecule has 2 atom stereocenters. The SMILES string of the molecule is CCn1cc([C@@H]2C[C@H](C(=O)O)N(C)S(=O)(=O)N2)cn1. The first kappa shape index (κ1) is 14.0. The molecule has 1 aromatic rings. The molecule has 0 spiro atoms. The van der Waals surface area contributed by atoms with Gasteiger partial charge in [0.25, 0.3) is 10.2 Å². The maximum Gasteiger partial charge on any atom is 0.322 e. The van der Waals surface area contributed by atoms with Crippen LogP contribution < -0.4 is 4.72 Å². The Morgan fingerprint density at radius 3 is 2.84 bits per heavy atom. The zero-order valence-corrected chi connectivity index (χ0v) is 11.5. The number of aromatic nitrogens is 2. The molecule has 0 unspecified atom stereocenters. The number of nitrogens with zero attached hydrogens (tertiary/aromatic N) is 3. The van der Waals surface area contributed by atoms with Gasteiger partial charge in [-0.25, -0.2) is 0 Å². The topological polar surface area (TPSA) is 105 Å². The Morgan fingerprint density at radius 1 is 1.63 bits per heavy atom. The van der Waals surface area contributed by atoms with Crippen molar-refractivity contribution in [1.82, 2.24) is 18.8 Å². The summed E-state index contributed by atoms with van der Waals surface area (Å²) in [5, 5.41) is 13.2. The molecule has 1 saturated heterocycles. The number of likely N-dealkylation sites (N-methyl/N-ethyl adjacent to an activating group) is 1. The highest BCUT2D eigenvalue weighted by Crippen LogP contribution is 2.27. The van der Waals surface area contributed by atoms with Crippen LogP contribution in [0.5, 0.6) is 0 Å². The molecule has 8 nitrogen and oxygen atoms in total. The molecule has 1 fully saturated rings. The van der Waals surface area contributed by atoms with Crippen LogP contribution in [0.4, 0.5) is 0 Å². The standard InChI is InChI=1S/C10H16N4O4S/c1-3-14-6-7(5-11-14)8-4-9(10(15)16)13(2)19(17,18)12-8/h5-6,8-9,12H,3-4H2,1-2H3,(H,15,16)/t8-,9+/m0/s1. The molecule has 1 aliphatic heterocycles. The molecule has 1 aromatic heterocycles. The summed E-state index contributed by atoms with van der Waals surface area (Å²) in [5.74, 6) is -1.15. The molecule has 0 aliphatic carbocycles. The van der Waals surface area contributed by atoms with Crippen molar-refractivity contribution >= 4 is 16.2 Å². The van der Waals surface area contributed by atoms with Crippen LogP contribution in [0.1, 0.15) is 24.9 Å². The van der Waals surface area contributed by atoms with E-state index >= 15 is 0 Å². The van der Waals surface area contributed by atoms with E-state index in [1.54, 1.807) is 17.1 Å². The minimum absolute atomic E-state index is 0.167. The highest BCUT2D eigenvalue weighted by Gasteiger charge is 2.40. The summed E-state index contributed by atoms with van der Waals surface area (Å²) in [6.07, 6.45) is 3.44. The van der Waals surface area contributed by atoms with E-state index in [1.807, 2.05) is 6.92 Å². The summed E-state index contributed by atoms with van der Waals surface area (Å²) in [6.45, 7) is 2.58. The second-order valence-corrected chi connectivity index (χ2v) is 6.17. The normalized spacial score (nSPS) is 27.3. The van der Waals surface area contributed by atoms with Crippen molar-refractivity contribution < 1.29 is 18.3 Å². The average molecular weight is 288 g/mol. The summed E-state index contributed by atoms with van der Waals surface area (Å²) >= 11 is 0. The van der Waals surface area contributed by atoms with E-state index in [4.69, 9.17) is 5.11 Å². The van der Waals surface area contributed by atoms with Crippen molar-refractivity contribution in [3.05, 3.63) is 18.0 Å². The van der Waals surface area contributed by atoms with Crippen LogP contribution in [0.15, 0.2) is 12.4 Å². The van der Waals surface area contributed by atoms with E-state index in [0.717, 1.165) is 4.31 Å². The highest BCUT2D eigenvalue weighted by molar-refractivity contribution is 7.87. The third-order valence-corrected chi connectivity index (χ3v) is 4.83. The van der Waals surface area contributed by atoms with Gasteiger partial charge in [-0.2, -0.15) is 22.5 Å². The molecule has 0 saturated carbocycles. The summed E-state index contributed by atoms with van der Waals surface area (Å²) in [4.78, 5) is 11.1. The summed E-state index contributed by atoms with van der Waals surface area (Å²) in [7, 11) is -2.53. The number of carboxylic acids is 1. The lowest BCUT2D eigenvalue weighted by Gasteiger charge is -2.34. The molecule has 0 aromatic carbocycles. The van der Waals surface area contributed by atoms with E-state index in [0.29, 0.717) is 12.1 Å². The average Bonchev–Trinajstić information content (AvgIpc) is 2.80. The van der Waals surface area contributed by atoms with Crippen LogP contribution >= 0.6 is 0 Å². The molecule has 0 bridgehead atoms. The number of nitrogens with one attached hydrogen (secondary N) is 1. The largest absolute Gasteiger partial charge is 0.480 e. The molecule has 0 radical (unpaired) electrons. The molecule has 2 N–H and O–H groups in total. The molecular weight excluding hydrogens is 272 g/mol. The van der Waals surface area contributed by atoms with Gasteiger partial charge in [-0.05, 0) is 13.3 Å². The number of carboxylic acid groups (broad SMARTS) is 1. The van der Waals surface area contributed by atoms with Crippen LogP contribution in [0.25, 0.3) is 0 Å². The van der Waals surface area contributed by atoms with Crippen LogP contribution in [-0.2, 0) is 21.5 Å². The van der Waals surface area contributed by atoms with Crippen molar-refractivity contribution in [2.24, 2.45) is 0 Å². The quantitative estimate of drug-likeness (QED) is 0.785. The first-order chi connectivity index (χ1) is 8.85. The maximum absolute atomic E-state index is 11.9. The van der Waals surface area contributed by atoms with Crippen LogP contribution in [0, 0.1) is 0 Å². The Balaban J connectivity index is 2.30. The predicted octanol–water partition coefficient (Wildman–Crippen LogP) is -0.433. The minimum atomic E-state index is -3.78. The lowest BCUT2D eigenvalue weighted by molar-refractivity contribution is -0.141. The highest BCUT2D eigenvalue weighted by atomic mass is 32.2. The smallest absolute Gasteiger partial charge is 0.322 e. The molecule has 9 heteroatoms. The summed E-state index contributed by atoms with van der Waals surface area (Å²) in [5.41, 5.74) is 0.671. The fourth-order valence-electron chi connectivity index (χ4n) is 2.04. The van der Waals surface area contributed by atoms with Gasteiger partial charge < -0.3 is 5.11 Å². The molecule has 1 aliphatic rings. The lowest BCUT2D eigenvalue weighted by atomic mass is 10.0. The second kappa shape index (κ2) is 4.91. The fraction of sp³-hybridized carbons (Fsp3) is 0.600. The van der Waals surface area contributed by atoms with Crippen LogP contribution in [-0.4, -0.2) is 46.7 Å². The third-order valence-electron chi connectivity index (χ3n) is 3.23. The van der Waals surface area contributed by atoms with Gasteiger partial charge in [0, 0.05) is 25.4 Å². The van der Waals surface area contributed by atoms with Gasteiger partial charge >= 0.3 is 5.97 Å². The Kier molecular flexibility index (Phi) is 3.61. The van der Waals surface area contributed by atoms with E-state index in [9.17, 15) is 13.2 Å². The summed E-state index contributed by atoms with van der Waals surface area (Å²) < 4.78 is 28.7. The first-order valence-corrected chi connectivity index (χ1v) is 7.29. The lowest BCUT2D eigenvalue weighted by Crippen LogP contribution is -2.54. The molecular formula is C10H16N4O4S. The van der Waals surface area contributed by atoms with Gasteiger partial charge in [0.1, 0.15) is 6.04 Å². The molecule has 2 rings (SSSR count). The Hall–Kier alpha value is -1.45. The van der Waals surface area contributed by atoms with E-state index < -0.39 is 28.3 Å². The maximum atomic E-state index is 11.9. The number of rotatable bonds is 3. The molecule has 0 amide bonds. The molecule has 2 heterocycles. The fourth-order valence-corrected chi connectivity index (χ4v) is 3.31. The molecule has 19 heavy (non-hydrogen) atoms. The third kappa shape index (κ3) is 2.62. The van der Waals surface area contributed by atoms with E-state index in [-0.39, 0.29) is 6.42 Å². The monoisotopic (exact) mass is 288 g/mol. The van der Waals surface area contributed by atoms with Crippen LogP contribution in [0.2, 0.25) is 0 Å². The van der Waals surface area contributed by atoms with Gasteiger partial charge in [0.05, 0.1) is 12.2 Å². The Bertz CT molecular complexity index is 582. The Labute approximate surface area is 111 Å². The van der Waals surface area contributed by atoms with Crippen molar-refractivity contribution in [3.8, 4) is 0 Å². The van der Waals surface area contributed by atoms with Gasteiger partial charge in [0.15, 0.2) is 0 Å². The number of hydrogen-bond acceptors (Lipinski definition) is 4. The van der Waals surface area contributed by atoms with Gasteiger partial charge in [-0.3, -0.25) is 9.48 Å². The number of carbonyl (C=O) groups is 1. The van der Waals surface area contributed by atoms with Crippen molar-refractivity contribution in [2.45, 2.75) is 32.0 Å². The van der Waals surface area contributed by atoms with Gasteiger partial charge in [-0.1, -0.05) is 0 Å². The van der Waals surface area contributed by atoms with Crippen molar-refractivity contribution in [1.29, 1.82) is 0 Å². The zero-order chi connectivity index (χ0) is 14.2. The van der Waals surface area contributed by atoms with Crippen molar-refractivity contribution in [2.75, 3.05) is 7.05 Å². The Morgan fingerprint density at radius 2 is 2.32 bits per heavy atom. The van der Waals surface area contributed by atoms with Gasteiger partial charge in [-0.15, -0.1) is 0 Å². The minimum Gasteiger partial charge on any atom is -0.480 e. The second-order valence-electron chi connectivity index (χ2n) is 4.41. The number of hydrogen-bond donors (Lipinski definition) is 2. The number of aryl methyl sites for hydroxylation is 1. The number of aliphatic carboxylic acids is 1. The molecule has 106 valence electrons. The van der Waals surface area contributed by atoms with Gasteiger partial charge in [0.2, 0.25) is 0 Å². The predicted molar refractivity (Wildman–Crippen MR) is 66.5 cm³/mol. The van der Waals surface area contributed by atoms with E-state index in [2.05, 4.69) is 9.82 Å². The van der Waals surface area contributed by atoms with E-state index in [1.165, 1.54) is 7.05 Å².